The van der Waals surface area contributed by atoms with Crippen LogP contribution in [0.4, 0.5) is 0 Å². The molecule has 0 saturated heterocycles. The predicted octanol–water partition coefficient (Wildman–Crippen LogP) is 1.04. The maximum absolute atomic E-state index is 10.2. The summed E-state index contributed by atoms with van der Waals surface area (Å²) in [5.41, 5.74) is 0. The predicted molar refractivity (Wildman–Crippen MR) is 31.7 cm³/mol. The monoisotopic (exact) mass is 169 g/mol. The molecular formula is C4H3Cl2O3. The van der Waals surface area contributed by atoms with E-state index in [1.54, 1.807) is 0 Å². The standard InChI is InChI=1S/C4H3Cl2O3/c1-2(7)9-4(8)3(5)6/h1H3. The van der Waals surface area contributed by atoms with Crippen molar-refractivity contribution >= 4 is 35.1 Å². The second-order valence-corrected chi connectivity index (χ2v) is 2.09. The van der Waals surface area contributed by atoms with Crippen LogP contribution in [-0.2, 0) is 14.3 Å². The Hall–Kier alpha value is -0.280. The molecule has 0 aromatic rings. The van der Waals surface area contributed by atoms with Gasteiger partial charge in [-0.15, -0.1) is 0 Å². The molecule has 0 saturated carbocycles. The quantitative estimate of drug-likeness (QED) is 0.436. The minimum atomic E-state index is -1.02. The SMILES string of the molecule is CC(=O)OC(=O)[C](Cl)Cl. The Labute approximate surface area is 61.9 Å². The van der Waals surface area contributed by atoms with Crippen LogP contribution in [0.15, 0.2) is 0 Å². The third-order valence-electron chi connectivity index (χ3n) is 0.391. The molecule has 0 bridgehead atoms. The number of esters is 2. The summed E-state index contributed by atoms with van der Waals surface area (Å²) in [4.78, 5) is 19.6. The first-order valence-corrected chi connectivity index (χ1v) is 2.70. The van der Waals surface area contributed by atoms with Gasteiger partial charge >= 0.3 is 11.9 Å². The zero-order valence-electron chi connectivity index (χ0n) is 4.48. The maximum atomic E-state index is 10.2. The van der Waals surface area contributed by atoms with E-state index in [0.717, 1.165) is 6.92 Å². The lowest BCUT2D eigenvalue weighted by atomic mass is 10.7. The van der Waals surface area contributed by atoms with Gasteiger partial charge in [-0.25, -0.2) is 4.79 Å². The van der Waals surface area contributed by atoms with E-state index in [2.05, 4.69) is 4.74 Å². The molecule has 0 spiro atoms. The fourth-order valence-corrected chi connectivity index (χ4v) is 0.246. The minimum absolute atomic E-state index is 0.579. The Bertz CT molecular complexity index is 132. The summed E-state index contributed by atoms with van der Waals surface area (Å²) < 4.78 is 3.93. The lowest BCUT2D eigenvalue weighted by molar-refractivity contribution is -0.155. The lowest BCUT2D eigenvalue weighted by Gasteiger charge is -1.95. The molecule has 0 aromatic heterocycles. The van der Waals surface area contributed by atoms with E-state index in [-0.39, 0.29) is 0 Å². The van der Waals surface area contributed by atoms with Crippen LogP contribution in [0.1, 0.15) is 6.92 Å². The molecular weight excluding hydrogens is 167 g/mol. The molecule has 0 aromatic carbocycles. The first kappa shape index (κ1) is 8.72. The third kappa shape index (κ3) is 4.24. The summed E-state index contributed by atoms with van der Waals surface area (Å²) in [5, 5.41) is 0. The average molecular weight is 170 g/mol. The van der Waals surface area contributed by atoms with Crippen molar-refractivity contribution in [3.05, 3.63) is 4.84 Å². The Morgan fingerprint density at radius 1 is 1.33 bits per heavy atom. The smallest absolute Gasteiger partial charge is 0.354 e. The number of carbonyl (C=O) groups excluding carboxylic acids is 2. The zero-order chi connectivity index (χ0) is 7.44. The van der Waals surface area contributed by atoms with Crippen LogP contribution in [0.25, 0.3) is 0 Å². The maximum Gasteiger partial charge on any atom is 0.354 e. The number of hydrogen-bond donors (Lipinski definition) is 0. The van der Waals surface area contributed by atoms with Gasteiger partial charge in [-0.2, -0.15) is 0 Å². The number of halogens is 2. The van der Waals surface area contributed by atoms with Gasteiger partial charge in [0.2, 0.25) is 0 Å². The highest BCUT2D eigenvalue weighted by atomic mass is 35.5. The molecule has 3 nitrogen and oxygen atoms in total. The molecule has 0 aliphatic carbocycles. The van der Waals surface area contributed by atoms with Crippen molar-refractivity contribution in [3.8, 4) is 0 Å². The van der Waals surface area contributed by atoms with Crippen LogP contribution < -0.4 is 0 Å². The second-order valence-electron chi connectivity index (χ2n) is 1.14. The Balaban J connectivity index is 3.64. The molecule has 0 fully saturated rings. The van der Waals surface area contributed by atoms with Crippen molar-refractivity contribution in [1.82, 2.24) is 0 Å². The van der Waals surface area contributed by atoms with Crippen LogP contribution in [0.5, 0.6) is 0 Å². The molecule has 9 heavy (non-hydrogen) atoms. The molecule has 0 N–H and O–H groups in total. The molecule has 0 heterocycles. The molecule has 0 atom stereocenters. The van der Waals surface area contributed by atoms with E-state index in [4.69, 9.17) is 23.2 Å². The van der Waals surface area contributed by atoms with Gasteiger partial charge in [0, 0.05) is 6.92 Å². The van der Waals surface area contributed by atoms with Crippen LogP contribution in [0.3, 0.4) is 0 Å². The van der Waals surface area contributed by atoms with Gasteiger partial charge in [0.05, 0.1) is 0 Å². The lowest BCUT2D eigenvalue weighted by Crippen LogP contribution is -2.10. The summed E-state index contributed by atoms with van der Waals surface area (Å²) in [6, 6.07) is 0. The highest BCUT2D eigenvalue weighted by molar-refractivity contribution is 6.62. The largest absolute Gasteiger partial charge is 0.391 e. The topological polar surface area (TPSA) is 43.4 Å². The van der Waals surface area contributed by atoms with Crippen LogP contribution in [-0.4, -0.2) is 11.9 Å². The van der Waals surface area contributed by atoms with E-state index in [1.165, 1.54) is 0 Å². The van der Waals surface area contributed by atoms with Gasteiger partial charge in [-0.3, -0.25) is 4.79 Å². The van der Waals surface area contributed by atoms with E-state index in [0.29, 0.717) is 0 Å². The van der Waals surface area contributed by atoms with Crippen molar-refractivity contribution < 1.29 is 14.3 Å². The molecule has 0 unspecified atom stereocenters. The molecule has 0 rings (SSSR count). The van der Waals surface area contributed by atoms with Crippen molar-refractivity contribution in [2.45, 2.75) is 6.92 Å². The fraction of sp³-hybridized carbons (Fsp3) is 0.250. The number of hydrogen-bond acceptors (Lipinski definition) is 3. The van der Waals surface area contributed by atoms with Gasteiger partial charge in [0.1, 0.15) is 0 Å². The molecule has 1 radical (unpaired) electrons. The van der Waals surface area contributed by atoms with E-state index < -0.39 is 16.8 Å². The Morgan fingerprint density at radius 2 is 1.78 bits per heavy atom. The van der Waals surface area contributed by atoms with Gasteiger partial charge < -0.3 is 4.74 Å². The van der Waals surface area contributed by atoms with E-state index >= 15 is 0 Å². The highest BCUT2D eigenvalue weighted by Crippen LogP contribution is 2.13. The van der Waals surface area contributed by atoms with Gasteiger partial charge in [0.25, 0.3) is 4.84 Å². The molecule has 51 valence electrons. The van der Waals surface area contributed by atoms with Crippen molar-refractivity contribution in [2.75, 3.05) is 0 Å². The first-order valence-electron chi connectivity index (χ1n) is 1.94. The van der Waals surface area contributed by atoms with Gasteiger partial charge in [-0.05, 0) is 0 Å². The van der Waals surface area contributed by atoms with Crippen molar-refractivity contribution in [1.29, 1.82) is 0 Å². The summed E-state index contributed by atoms with van der Waals surface area (Å²) >= 11 is 9.86. The van der Waals surface area contributed by atoms with Crippen molar-refractivity contribution in [3.63, 3.8) is 0 Å². The van der Waals surface area contributed by atoms with Crippen molar-refractivity contribution in [2.24, 2.45) is 0 Å². The van der Waals surface area contributed by atoms with Gasteiger partial charge in [-0.1, -0.05) is 23.2 Å². The van der Waals surface area contributed by atoms with Crippen LogP contribution in [0.2, 0.25) is 0 Å². The summed E-state index contributed by atoms with van der Waals surface area (Å²) in [6.45, 7) is 1.08. The van der Waals surface area contributed by atoms with Crippen LogP contribution >= 0.6 is 23.2 Å². The molecule has 0 amide bonds. The minimum Gasteiger partial charge on any atom is -0.391 e. The summed E-state index contributed by atoms with van der Waals surface area (Å²) in [7, 11) is 0. The first-order chi connectivity index (χ1) is 4.04. The summed E-state index contributed by atoms with van der Waals surface area (Å²) in [6.07, 6.45) is 0. The number of carbonyl (C=O) groups is 2. The molecule has 0 aliphatic rings. The average Bonchev–Trinajstić information content (AvgIpc) is 1.63. The highest BCUT2D eigenvalue weighted by Gasteiger charge is 2.16. The molecule has 5 heteroatoms. The Morgan fingerprint density at radius 3 is 1.89 bits per heavy atom. The number of rotatable bonds is 1. The third-order valence-corrected chi connectivity index (χ3v) is 0.699. The number of ether oxygens (including phenoxy) is 1. The van der Waals surface area contributed by atoms with E-state index in [9.17, 15) is 9.59 Å². The fourth-order valence-electron chi connectivity index (χ4n) is 0.169. The van der Waals surface area contributed by atoms with E-state index in [1.807, 2.05) is 0 Å². The summed E-state index contributed by atoms with van der Waals surface area (Å²) in [5.74, 6) is -1.76. The Kier molecular flexibility index (Phi) is 3.58. The zero-order valence-corrected chi connectivity index (χ0v) is 5.99. The second kappa shape index (κ2) is 3.69. The normalized spacial score (nSPS) is 9.33. The molecule has 0 aliphatic heterocycles. The van der Waals surface area contributed by atoms with Crippen LogP contribution in [0, 0.1) is 4.84 Å². The van der Waals surface area contributed by atoms with Gasteiger partial charge in [0.15, 0.2) is 0 Å².